The molecule has 1 rings (SSSR count). The van der Waals surface area contributed by atoms with Crippen molar-refractivity contribution in [1.29, 1.82) is 0 Å². The lowest BCUT2D eigenvalue weighted by Gasteiger charge is -2.41. The molecule has 0 aromatic carbocycles. The fraction of sp³-hybridized carbons (Fsp3) is 0.828. The molecular formula is C64H118N12O11. The summed E-state index contributed by atoms with van der Waals surface area (Å²) in [7, 11) is 10.3. The van der Waals surface area contributed by atoms with Crippen LogP contribution in [0, 0.1) is 41.4 Å². The van der Waals surface area contributed by atoms with Crippen LogP contribution in [0.2, 0.25) is 0 Å². The average molecular weight is 1230 g/mol. The number of rotatable bonds is 19. The van der Waals surface area contributed by atoms with E-state index in [0.717, 1.165) is 32.1 Å². The van der Waals surface area contributed by atoms with Crippen LogP contribution in [-0.2, 0) is 52.7 Å². The Balaban J connectivity index is 4.28. The summed E-state index contributed by atoms with van der Waals surface area (Å²) in [6.45, 7) is 28.9. The van der Waals surface area contributed by atoms with Gasteiger partial charge >= 0.3 is 0 Å². The molecule has 0 bridgehead atoms. The van der Waals surface area contributed by atoms with Crippen molar-refractivity contribution < 1.29 is 52.7 Å². The fourth-order valence-corrected chi connectivity index (χ4v) is 11.3. The summed E-state index contributed by atoms with van der Waals surface area (Å²) in [5.74, 6) is -8.21. The summed E-state index contributed by atoms with van der Waals surface area (Å²) >= 11 is 0. The van der Waals surface area contributed by atoms with Crippen LogP contribution >= 0.6 is 0 Å². The molecular weight excluding hydrogens is 1110 g/mol. The van der Waals surface area contributed by atoms with Crippen molar-refractivity contribution in [2.24, 2.45) is 47.2 Å². The number of hydrogen-bond acceptors (Lipinski definition) is 12. The van der Waals surface area contributed by atoms with Crippen LogP contribution in [0.5, 0.6) is 0 Å². The Labute approximate surface area is 522 Å². The van der Waals surface area contributed by atoms with Crippen molar-refractivity contribution in [2.75, 3.05) is 62.4 Å². The Morgan fingerprint density at radius 3 is 1.29 bits per heavy atom. The maximum Gasteiger partial charge on any atom is 0.246 e. The molecule has 0 unspecified atom stereocenters. The molecule has 1 aliphatic heterocycles. The highest BCUT2D eigenvalue weighted by Crippen LogP contribution is 2.26. The van der Waals surface area contributed by atoms with Crippen molar-refractivity contribution in [3.63, 3.8) is 0 Å². The van der Waals surface area contributed by atoms with Crippen molar-refractivity contribution in [2.45, 2.75) is 242 Å². The molecule has 0 radical (unpaired) electrons. The molecule has 23 nitrogen and oxygen atoms in total. The van der Waals surface area contributed by atoms with E-state index < -0.39 is 144 Å². The molecule has 23 heteroatoms. The van der Waals surface area contributed by atoms with E-state index in [-0.39, 0.29) is 68.1 Å². The first-order chi connectivity index (χ1) is 40.3. The summed E-state index contributed by atoms with van der Waals surface area (Å²) in [6, 6.07) is -11.4. The Kier molecular flexibility index (Phi) is 33.8. The van der Waals surface area contributed by atoms with E-state index in [1.54, 1.807) is 34.6 Å². The van der Waals surface area contributed by atoms with Gasteiger partial charge in [-0.3, -0.25) is 52.7 Å². The third-order valence-electron chi connectivity index (χ3n) is 16.8. The third-order valence-corrected chi connectivity index (χ3v) is 16.8. The molecule has 0 aliphatic carbocycles. The number of hydrogen-bond donors (Lipinski definition) is 5. The van der Waals surface area contributed by atoms with Gasteiger partial charge in [0, 0.05) is 49.3 Å². The number of unbranched alkanes of at least 4 members (excludes halogenated alkanes) is 3. The second-order valence-electron chi connectivity index (χ2n) is 27.2. The highest BCUT2D eigenvalue weighted by Gasteiger charge is 2.44. The van der Waals surface area contributed by atoms with Crippen LogP contribution in [0.1, 0.15) is 181 Å². The number of nitrogens with two attached hydrogens (primary N) is 1. The van der Waals surface area contributed by atoms with Crippen LogP contribution in [0.25, 0.3) is 0 Å². The van der Waals surface area contributed by atoms with E-state index in [0.29, 0.717) is 6.54 Å². The molecule has 1 saturated heterocycles. The van der Waals surface area contributed by atoms with Crippen molar-refractivity contribution >= 4 is 65.0 Å². The Bertz CT molecular complexity index is 2300. The number of nitrogens with one attached hydrogen (secondary N) is 4. The standard InChI is InChI=1S/C64H118N12O11/c1-24-46-60(83)70(17)36-52(77)71(18)47(31-37(2)3)58(81)69-53(41(10)11)63(86)72(19)48(32-38(4)5)56(79)66-44(15)55(78)67-45(16)59(82)74(21)50(33-39(6)7)61(84)75(22)51(34-40(8)9)62(85)76(23)54(42(12)13)64(87)73(20)49(57(80)68-46)35-43(14)29-27-25-26-28-30-65/h37-51,53-54H,24-36,65H2,1-23H3,(H,66,79)(H,67,78)(H,68,80)(H,69,81)/t43-,44-,45+,46-,47+,48-,49+,50+,51-,53-,54-/m1/s1. The van der Waals surface area contributed by atoms with Crippen molar-refractivity contribution in [3.05, 3.63) is 0 Å². The van der Waals surface area contributed by atoms with Gasteiger partial charge in [-0.1, -0.05) is 123 Å². The van der Waals surface area contributed by atoms with Gasteiger partial charge in [-0.25, -0.2) is 0 Å². The predicted molar refractivity (Wildman–Crippen MR) is 340 cm³/mol. The predicted octanol–water partition coefficient (Wildman–Crippen LogP) is 4.24. The van der Waals surface area contributed by atoms with E-state index in [2.05, 4.69) is 21.3 Å². The minimum atomic E-state index is -1.21. The van der Waals surface area contributed by atoms with Crippen molar-refractivity contribution in [1.82, 2.24) is 55.6 Å². The highest BCUT2D eigenvalue weighted by atomic mass is 16.2. The van der Waals surface area contributed by atoms with Gasteiger partial charge in [0.1, 0.15) is 60.4 Å². The molecule has 6 N–H and O–H groups in total. The maximum atomic E-state index is 15.2. The normalized spacial score (nSPS) is 26.1. The largest absolute Gasteiger partial charge is 0.343 e. The van der Waals surface area contributed by atoms with E-state index in [9.17, 15) is 43.2 Å². The first-order valence-corrected chi connectivity index (χ1v) is 32.0. The zero-order valence-electron chi connectivity index (χ0n) is 57.7. The summed E-state index contributed by atoms with van der Waals surface area (Å²) < 4.78 is 0. The van der Waals surface area contributed by atoms with Crippen LogP contribution < -0.4 is 27.0 Å². The van der Waals surface area contributed by atoms with Gasteiger partial charge in [-0.15, -0.1) is 0 Å². The molecule has 1 aliphatic rings. The van der Waals surface area contributed by atoms with Gasteiger partial charge in [0.2, 0.25) is 65.0 Å². The summed E-state index contributed by atoms with van der Waals surface area (Å²) in [5.41, 5.74) is 5.76. The summed E-state index contributed by atoms with van der Waals surface area (Å²) in [6.07, 6.45) is 5.40. The Morgan fingerprint density at radius 1 is 0.414 bits per heavy atom. The van der Waals surface area contributed by atoms with Crippen LogP contribution in [0.3, 0.4) is 0 Å². The van der Waals surface area contributed by atoms with Gasteiger partial charge in [-0.2, -0.15) is 0 Å². The smallest absolute Gasteiger partial charge is 0.246 e. The summed E-state index contributed by atoms with van der Waals surface area (Å²) in [4.78, 5) is 170. The number of amides is 11. The van der Waals surface area contributed by atoms with Gasteiger partial charge < -0.3 is 61.3 Å². The number of likely N-dealkylation sites (N-methyl/N-ethyl adjacent to an activating group) is 7. The lowest BCUT2D eigenvalue weighted by Crippen LogP contribution is -2.61. The van der Waals surface area contributed by atoms with Gasteiger partial charge in [0.25, 0.3) is 0 Å². The fourth-order valence-electron chi connectivity index (χ4n) is 11.3. The molecule has 0 aromatic heterocycles. The number of carbonyl (C=O) groups is 11. The van der Waals surface area contributed by atoms with Gasteiger partial charge in [0.15, 0.2) is 0 Å². The van der Waals surface area contributed by atoms with Crippen LogP contribution in [0.4, 0.5) is 0 Å². The van der Waals surface area contributed by atoms with E-state index >= 15 is 9.59 Å². The maximum absolute atomic E-state index is 15.2. The Hall–Kier alpha value is -5.87. The number of carbonyl (C=O) groups excluding carboxylic acids is 11. The first kappa shape index (κ1) is 79.1. The van der Waals surface area contributed by atoms with Crippen LogP contribution in [0.15, 0.2) is 0 Å². The molecule has 87 heavy (non-hydrogen) atoms. The molecule has 500 valence electrons. The third kappa shape index (κ3) is 23.9. The highest BCUT2D eigenvalue weighted by molar-refractivity contribution is 5.99. The quantitative estimate of drug-likeness (QED) is 0.114. The number of nitrogens with zero attached hydrogens (tertiary/aromatic N) is 7. The zero-order valence-corrected chi connectivity index (χ0v) is 57.7. The van der Waals surface area contributed by atoms with Gasteiger partial charge in [0.05, 0.1) is 6.54 Å². The molecule has 1 fully saturated rings. The molecule has 0 aromatic rings. The molecule has 0 saturated carbocycles. The molecule has 11 atom stereocenters. The SMILES string of the molecule is CC[C@H]1NC(=O)[C@H](C[C@H](C)CCCCCCN)N(C)C(=O)[C@@H](C(C)C)N(C)C(=O)[C@@H](CC(C)C)N(C)C(=O)[C@H](CC(C)C)N(C)C(=O)[C@H](C)NC(=O)[C@@H](C)NC(=O)[C@@H](CC(C)C)N(C)C(=O)[C@@H](C(C)C)NC(=O)[C@H](CC(C)C)N(C)C(=O)CN(C)C1=O. The van der Waals surface area contributed by atoms with Crippen LogP contribution in [-0.4, -0.2) is 222 Å². The lowest BCUT2D eigenvalue weighted by atomic mass is 9.92. The second-order valence-corrected chi connectivity index (χ2v) is 27.2. The minimum Gasteiger partial charge on any atom is -0.343 e. The first-order valence-electron chi connectivity index (χ1n) is 32.0. The average Bonchev–Trinajstić information content (AvgIpc) is 1.29. The Morgan fingerprint density at radius 2 is 0.816 bits per heavy atom. The van der Waals surface area contributed by atoms with Gasteiger partial charge in [-0.05, 0) is 107 Å². The zero-order chi connectivity index (χ0) is 67.2. The second kappa shape index (κ2) is 37.2. The van der Waals surface area contributed by atoms with E-state index in [1.807, 2.05) is 62.3 Å². The summed E-state index contributed by atoms with van der Waals surface area (Å²) in [5, 5.41) is 11.2. The minimum absolute atomic E-state index is 0.0748. The molecule has 1 heterocycles. The monoisotopic (exact) mass is 1230 g/mol. The van der Waals surface area contributed by atoms with Crippen molar-refractivity contribution in [3.8, 4) is 0 Å². The topological polar surface area (TPSA) is 285 Å². The van der Waals surface area contributed by atoms with E-state index in [4.69, 9.17) is 5.73 Å². The molecule has 0 spiro atoms. The lowest BCUT2D eigenvalue weighted by molar-refractivity contribution is -0.156. The van der Waals surface area contributed by atoms with E-state index in [1.165, 1.54) is 97.5 Å². The molecule has 11 amide bonds.